The summed E-state index contributed by atoms with van der Waals surface area (Å²) in [6.07, 6.45) is 1.07. The molecule has 0 saturated heterocycles. The summed E-state index contributed by atoms with van der Waals surface area (Å²) in [4.78, 5) is 22.0. The van der Waals surface area contributed by atoms with Gasteiger partial charge in [-0.2, -0.15) is 0 Å². The minimum atomic E-state index is -0.834. The van der Waals surface area contributed by atoms with E-state index in [0.717, 1.165) is 0 Å². The number of anilines is 1. The summed E-state index contributed by atoms with van der Waals surface area (Å²) in [6, 6.07) is 4.24. The van der Waals surface area contributed by atoms with Gasteiger partial charge in [-0.05, 0) is 49.9 Å². The van der Waals surface area contributed by atoms with Crippen LogP contribution in [0.3, 0.4) is 0 Å². The molecule has 0 aliphatic rings. The van der Waals surface area contributed by atoms with Crippen molar-refractivity contribution in [3.8, 4) is 0 Å². The number of aliphatic carboxylic acids is 1. The summed E-state index contributed by atoms with van der Waals surface area (Å²) in [5.74, 6) is -1.71. The van der Waals surface area contributed by atoms with Gasteiger partial charge in [-0.25, -0.2) is 9.18 Å². The van der Waals surface area contributed by atoms with Crippen LogP contribution >= 0.6 is 0 Å². The number of carboxylic acids is 1. The van der Waals surface area contributed by atoms with E-state index in [2.05, 4.69) is 5.32 Å². The summed E-state index contributed by atoms with van der Waals surface area (Å²) in [6.45, 7) is 3.56. The Morgan fingerprint density at radius 2 is 2.10 bits per heavy atom. The Hall–Kier alpha value is -2.11. The minimum absolute atomic E-state index is 0.237. The Balaban J connectivity index is 2.60. The highest BCUT2D eigenvalue weighted by Crippen LogP contribution is 2.17. The van der Waals surface area contributed by atoms with E-state index in [1.54, 1.807) is 19.9 Å². The van der Waals surface area contributed by atoms with Gasteiger partial charge in [0.1, 0.15) is 5.82 Å². The van der Waals surface area contributed by atoms with Crippen LogP contribution < -0.4 is 5.32 Å². The highest BCUT2D eigenvalue weighted by atomic mass is 19.1. The number of nitrogens with one attached hydrogen (secondary N) is 1. The predicted octanol–water partition coefficient (Wildman–Crippen LogP) is 3.44. The average Bonchev–Trinajstić information content (AvgIpc) is 2.37. The lowest BCUT2D eigenvalue weighted by atomic mass is 10.0. The molecule has 0 aliphatic carbocycles. The van der Waals surface area contributed by atoms with Crippen molar-refractivity contribution < 1.29 is 23.8 Å². The van der Waals surface area contributed by atoms with Crippen LogP contribution in [0.2, 0.25) is 0 Å². The second-order valence-electron chi connectivity index (χ2n) is 4.83. The summed E-state index contributed by atoms with van der Waals surface area (Å²) < 4.78 is 18.2. The van der Waals surface area contributed by atoms with Gasteiger partial charge >= 0.3 is 12.1 Å². The third-order valence-electron chi connectivity index (χ3n) is 3.00. The Morgan fingerprint density at radius 3 is 2.71 bits per heavy atom. The number of aryl methyl sites for hydroxylation is 1. The molecule has 116 valence electrons. The molecule has 0 radical (unpaired) electrons. The van der Waals surface area contributed by atoms with Gasteiger partial charge in [0.2, 0.25) is 0 Å². The monoisotopic (exact) mass is 297 g/mol. The molecule has 5 nitrogen and oxygen atoms in total. The van der Waals surface area contributed by atoms with Crippen molar-refractivity contribution in [1.29, 1.82) is 0 Å². The fraction of sp³-hybridized carbons (Fsp3) is 0.467. The van der Waals surface area contributed by atoms with Crippen LogP contribution in [0.25, 0.3) is 0 Å². The van der Waals surface area contributed by atoms with E-state index < -0.39 is 23.8 Å². The number of ether oxygens (including phenoxy) is 1. The second kappa shape index (κ2) is 8.24. The molecule has 0 fully saturated rings. The van der Waals surface area contributed by atoms with Crippen LogP contribution in [0.4, 0.5) is 14.9 Å². The first kappa shape index (κ1) is 16.9. The predicted molar refractivity (Wildman–Crippen MR) is 76.8 cm³/mol. The molecule has 0 heterocycles. The largest absolute Gasteiger partial charge is 0.481 e. The molecule has 1 rings (SSSR count). The number of benzene rings is 1. The number of carboxylic acid groups (broad SMARTS) is 1. The maximum absolute atomic E-state index is 13.5. The van der Waals surface area contributed by atoms with E-state index in [1.165, 1.54) is 12.1 Å². The lowest BCUT2D eigenvalue weighted by Crippen LogP contribution is -2.13. The molecule has 0 spiro atoms. The first-order valence-corrected chi connectivity index (χ1v) is 6.88. The zero-order chi connectivity index (χ0) is 15.8. The molecule has 2 N–H and O–H groups in total. The summed E-state index contributed by atoms with van der Waals surface area (Å²) in [5.41, 5.74) is 1.04. The molecule has 1 aromatic rings. The van der Waals surface area contributed by atoms with E-state index in [-0.39, 0.29) is 6.61 Å². The van der Waals surface area contributed by atoms with Crippen LogP contribution in [0.15, 0.2) is 18.2 Å². The van der Waals surface area contributed by atoms with Crippen molar-refractivity contribution in [3.63, 3.8) is 0 Å². The van der Waals surface area contributed by atoms with E-state index >= 15 is 0 Å². The number of rotatable bonds is 7. The maximum atomic E-state index is 13.5. The summed E-state index contributed by atoms with van der Waals surface area (Å²) in [7, 11) is 0. The number of hydrogen-bond donors (Lipinski definition) is 2. The molecule has 0 saturated carbocycles. The highest BCUT2D eigenvalue weighted by molar-refractivity contribution is 5.84. The Labute approximate surface area is 123 Å². The number of hydrogen-bond acceptors (Lipinski definition) is 3. The highest BCUT2D eigenvalue weighted by Gasteiger charge is 2.11. The van der Waals surface area contributed by atoms with Gasteiger partial charge in [-0.1, -0.05) is 6.92 Å². The van der Waals surface area contributed by atoms with Gasteiger partial charge in [-0.15, -0.1) is 0 Å². The van der Waals surface area contributed by atoms with Gasteiger partial charge in [0.05, 0.1) is 12.5 Å². The summed E-state index contributed by atoms with van der Waals surface area (Å²) >= 11 is 0. The van der Waals surface area contributed by atoms with Gasteiger partial charge in [0.15, 0.2) is 0 Å². The third-order valence-corrected chi connectivity index (χ3v) is 3.00. The van der Waals surface area contributed by atoms with E-state index in [1.807, 2.05) is 0 Å². The van der Waals surface area contributed by atoms with Gasteiger partial charge in [0.25, 0.3) is 0 Å². The number of carbonyl (C=O) groups is 2. The van der Waals surface area contributed by atoms with E-state index in [0.29, 0.717) is 30.5 Å². The molecule has 1 atom stereocenters. The first-order chi connectivity index (χ1) is 9.92. The molecule has 1 unspecified atom stereocenters. The number of amides is 1. The molecule has 0 aliphatic heterocycles. The zero-order valence-corrected chi connectivity index (χ0v) is 12.2. The van der Waals surface area contributed by atoms with Crippen molar-refractivity contribution >= 4 is 17.7 Å². The van der Waals surface area contributed by atoms with Crippen LogP contribution in [-0.4, -0.2) is 23.8 Å². The lowest BCUT2D eigenvalue weighted by Gasteiger charge is -2.09. The van der Waals surface area contributed by atoms with Gasteiger partial charge in [0, 0.05) is 5.69 Å². The van der Waals surface area contributed by atoms with Crippen molar-refractivity contribution in [2.45, 2.75) is 33.1 Å². The fourth-order valence-corrected chi connectivity index (χ4v) is 1.89. The quantitative estimate of drug-likeness (QED) is 0.808. The van der Waals surface area contributed by atoms with Crippen molar-refractivity contribution in [3.05, 3.63) is 29.6 Å². The molecule has 6 heteroatoms. The molecule has 0 aromatic heterocycles. The molecule has 1 amide bonds. The fourth-order valence-electron chi connectivity index (χ4n) is 1.89. The number of carbonyl (C=O) groups excluding carboxylic acids is 1. The van der Waals surface area contributed by atoms with Crippen molar-refractivity contribution in [2.75, 3.05) is 11.9 Å². The van der Waals surface area contributed by atoms with E-state index in [9.17, 15) is 14.0 Å². The summed E-state index contributed by atoms with van der Waals surface area (Å²) in [5, 5.41) is 11.2. The first-order valence-electron chi connectivity index (χ1n) is 6.88. The van der Waals surface area contributed by atoms with E-state index in [4.69, 9.17) is 9.84 Å². The smallest absolute Gasteiger partial charge is 0.411 e. The molecular weight excluding hydrogens is 277 g/mol. The molecular formula is C15H20FNO4. The average molecular weight is 297 g/mol. The molecule has 1 aromatic carbocycles. The minimum Gasteiger partial charge on any atom is -0.481 e. The number of halogens is 1. The van der Waals surface area contributed by atoms with Crippen molar-refractivity contribution in [2.24, 2.45) is 5.92 Å². The topological polar surface area (TPSA) is 75.6 Å². The van der Waals surface area contributed by atoms with Gasteiger partial charge in [-0.3, -0.25) is 10.1 Å². The SMILES string of the molecule is CCOC(=O)Nc1cc(F)cc(CCCC(C)C(=O)O)c1. The normalized spacial score (nSPS) is 11.8. The van der Waals surface area contributed by atoms with Crippen LogP contribution in [0.1, 0.15) is 32.3 Å². The third kappa shape index (κ3) is 6.25. The molecule has 0 bridgehead atoms. The van der Waals surface area contributed by atoms with Crippen molar-refractivity contribution in [1.82, 2.24) is 0 Å². The Bertz CT molecular complexity index is 504. The standard InChI is InChI=1S/C15H20FNO4/c1-3-21-15(20)17-13-8-11(7-12(16)9-13)6-4-5-10(2)14(18)19/h7-10H,3-6H2,1-2H3,(H,17,20)(H,18,19). The zero-order valence-electron chi connectivity index (χ0n) is 12.2. The Morgan fingerprint density at radius 1 is 1.38 bits per heavy atom. The van der Waals surface area contributed by atoms with Gasteiger partial charge < -0.3 is 9.84 Å². The van der Waals surface area contributed by atoms with Crippen LogP contribution in [0, 0.1) is 11.7 Å². The van der Waals surface area contributed by atoms with Crippen LogP contribution in [-0.2, 0) is 16.0 Å². The lowest BCUT2D eigenvalue weighted by molar-refractivity contribution is -0.141. The van der Waals surface area contributed by atoms with Crippen LogP contribution in [0.5, 0.6) is 0 Å². The second-order valence-corrected chi connectivity index (χ2v) is 4.83. The molecule has 21 heavy (non-hydrogen) atoms. The maximum Gasteiger partial charge on any atom is 0.411 e. The Kier molecular flexibility index (Phi) is 6.65.